The maximum Gasteiger partial charge on any atom is 0.288 e. The zero-order valence-electron chi connectivity index (χ0n) is 9.59. The fourth-order valence-electron chi connectivity index (χ4n) is 1.49. The van der Waals surface area contributed by atoms with Gasteiger partial charge in [0.1, 0.15) is 5.02 Å². The molecule has 0 radical (unpaired) electrons. The van der Waals surface area contributed by atoms with Crippen molar-refractivity contribution in [2.45, 2.75) is 6.54 Å². The third-order valence-corrected chi connectivity index (χ3v) is 2.82. The van der Waals surface area contributed by atoms with Crippen LogP contribution >= 0.6 is 11.6 Å². The zero-order chi connectivity index (χ0) is 13.8. The SMILES string of the molecule is O=C(NCc1cn[nH]c1)c1cccc([N+](=O)[O-])c1Cl. The van der Waals surface area contributed by atoms with Gasteiger partial charge in [-0.25, -0.2) is 0 Å². The number of aromatic nitrogens is 2. The average Bonchev–Trinajstić information content (AvgIpc) is 2.89. The van der Waals surface area contributed by atoms with E-state index in [2.05, 4.69) is 15.5 Å². The number of carbonyl (C=O) groups excluding carboxylic acids is 1. The highest BCUT2D eigenvalue weighted by atomic mass is 35.5. The monoisotopic (exact) mass is 280 g/mol. The smallest absolute Gasteiger partial charge is 0.288 e. The topological polar surface area (TPSA) is 101 Å². The first-order chi connectivity index (χ1) is 9.09. The Balaban J connectivity index is 2.15. The summed E-state index contributed by atoms with van der Waals surface area (Å²) < 4.78 is 0. The highest BCUT2D eigenvalue weighted by Gasteiger charge is 2.19. The van der Waals surface area contributed by atoms with E-state index in [-0.39, 0.29) is 22.8 Å². The molecule has 0 unspecified atom stereocenters. The Hall–Kier alpha value is -2.41. The molecule has 0 aliphatic carbocycles. The van der Waals surface area contributed by atoms with Gasteiger partial charge in [0.05, 0.1) is 16.7 Å². The van der Waals surface area contributed by atoms with Gasteiger partial charge in [-0.3, -0.25) is 20.0 Å². The van der Waals surface area contributed by atoms with Crippen LogP contribution in [-0.4, -0.2) is 21.0 Å². The summed E-state index contributed by atoms with van der Waals surface area (Å²) in [5.74, 6) is -0.477. The number of hydrogen-bond acceptors (Lipinski definition) is 4. The number of halogens is 1. The summed E-state index contributed by atoms with van der Waals surface area (Å²) in [6.07, 6.45) is 3.20. The molecule has 0 fully saturated rings. The van der Waals surface area contributed by atoms with Crippen LogP contribution in [0.2, 0.25) is 5.02 Å². The molecule has 19 heavy (non-hydrogen) atoms. The minimum Gasteiger partial charge on any atom is -0.348 e. The van der Waals surface area contributed by atoms with Gasteiger partial charge in [0, 0.05) is 24.4 Å². The van der Waals surface area contributed by atoms with Crippen molar-refractivity contribution in [2.75, 3.05) is 0 Å². The zero-order valence-corrected chi connectivity index (χ0v) is 10.3. The van der Waals surface area contributed by atoms with Crippen molar-refractivity contribution in [3.8, 4) is 0 Å². The molecule has 2 N–H and O–H groups in total. The summed E-state index contributed by atoms with van der Waals surface area (Å²) in [5, 5.41) is 19.5. The van der Waals surface area contributed by atoms with E-state index in [0.29, 0.717) is 0 Å². The van der Waals surface area contributed by atoms with E-state index in [4.69, 9.17) is 11.6 Å². The molecule has 2 aromatic rings. The van der Waals surface area contributed by atoms with Crippen LogP contribution in [0.25, 0.3) is 0 Å². The number of amides is 1. The molecule has 0 saturated heterocycles. The summed E-state index contributed by atoms with van der Waals surface area (Å²) in [6.45, 7) is 0.258. The minimum atomic E-state index is -0.630. The second-order valence-electron chi connectivity index (χ2n) is 3.69. The molecule has 2 rings (SSSR count). The Morgan fingerprint density at radius 2 is 2.32 bits per heavy atom. The highest BCUT2D eigenvalue weighted by molar-refractivity contribution is 6.35. The summed E-state index contributed by atoms with van der Waals surface area (Å²) >= 11 is 5.84. The van der Waals surface area contributed by atoms with E-state index in [9.17, 15) is 14.9 Å². The second-order valence-corrected chi connectivity index (χ2v) is 4.06. The Morgan fingerprint density at radius 3 is 2.95 bits per heavy atom. The molecule has 98 valence electrons. The predicted molar refractivity (Wildman–Crippen MR) is 67.9 cm³/mol. The molecular formula is C11H9ClN4O3. The van der Waals surface area contributed by atoms with Gasteiger partial charge in [-0.1, -0.05) is 17.7 Å². The van der Waals surface area contributed by atoms with Crippen molar-refractivity contribution in [1.82, 2.24) is 15.5 Å². The van der Waals surface area contributed by atoms with Crippen molar-refractivity contribution >= 4 is 23.2 Å². The van der Waals surface area contributed by atoms with Gasteiger partial charge in [-0.05, 0) is 6.07 Å². The lowest BCUT2D eigenvalue weighted by Crippen LogP contribution is -2.23. The lowest BCUT2D eigenvalue weighted by molar-refractivity contribution is -0.384. The van der Waals surface area contributed by atoms with Gasteiger partial charge in [0.25, 0.3) is 11.6 Å². The standard InChI is InChI=1S/C11H9ClN4O3/c12-10-8(2-1-3-9(10)16(18)19)11(17)13-4-7-5-14-15-6-7/h1-3,5-6H,4H2,(H,13,17)(H,14,15). The normalized spacial score (nSPS) is 10.2. The van der Waals surface area contributed by atoms with E-state index in [1.54, 1.807) is 12.4 Å². The summed E-state index contributed by atoms with van der Waals surface area (Å²) in [4.78, 5) is 22.0. The summed E-state index contributed by atoms with van der Waals surface area (Å²) in [7, 11) is 0. The van der Waals surface area contributed by atoms with Crippen LogP contribution < -0.4 is 5.32 Å². The third-order valence-electron chi connectivity index (χ3n) is 2.43. The minimum absolute atomic E-state index is 0.0689. The number of nitro groups is 1. The third kappa shape index (κ3) is 2.89. The van der Waals surface area contributed by atoms with Crippen molar-refractivity contribution in [3.63, 3.8) is 0 Å². The van der Waals surface area contributed by atoms with Gasteiger partial charge >= 0.3 is 0 Å². The van der Waals surface area contributed by atoms with Crippen molar-refractivity contribution in [1.29, 1.82) is 0 Å². The van der Waals surface area contributed by atoms with E-state index in [1.807, 2.05) is 0 Å². The summed E-state index contributed by atoms with van der Waals surface area (Å²) in [6, 6.07) is 4.09. The van der Waals surface area contributed by atoms with Gasteiger partial charge in [-0.15, -0.1) is 0 Å². The Kier molecular flexibility index (Phi) is 3.76. The van der Waals surface area contributed by atoms with Crippen LogP contribution in [0.4, 0.5) is 5.69 Å². The number of benzene rings is 1. The molecule has 0 atom stereocenters. The van der Waals surface area contributed by atoms with Crippen LogP contribution in [0, 0.1) is 10.1 Å². The molecule has 7 nitrogen and oxygen atoms in total. The van der Waals surface area contributed by atoms with Crippen molar-refractivity contribution in [2.24, 2.45) is 0 Å². The van der Waals surface area contributed by atoms with E-state index in [1.165, 1.54) is 18.2 Å². The lowest BCUT2D eigenvalue weighted by Gasteiger charge is -2.05. The number of H-pyrrole nitrogens is 1. The molecular weight excluding hydrogens is 272 g/mol. The second kappa shape index (κ2) is 5.49. The molecule has 1 heterocycles. The molecule has 0 spiro atoms. The van der Waals surface area contributed by atoms with Crippen LogP contribution in [0.3, 0.4) is 0 Å². The molecule has 1 aromatic heterocycles. The molecule has 0 aliphatic heterocycles. The Bertz CT molecular complexity index is 612. The molecule has 0 aliphatic rings. The van der Waals surface area contributed by atoms with Gasteiger partial charge in [-0.2, -0.15) is 5.10 Å². The Morgan fingerprint density at radius 1 is 1.53 bits per heavy atom. The predicted octanol–water partition coefficient (Wildman–Crippen LogP) is 1.90. The molecule has 0 bridgehead atoms. The number of rotatable bonds is 4. The number of aromatic amines is 1. The van der Waals surface area contributed by atoms with Gasteiger partial charge in [0.15, 0.2) is 0 Å². The molecule has 1 amide bonds. The van der Waals surface area contributed by atoms with E-state index in [0.717, 1.165) is 5.56 Å². The first-order valence-electron chi connectivity index (χ1n) is 5.28. The molecule has 1 aromatic carbocycles. The molecule has 8 heteroatoms. The maximum absolute atomic E-state index is 11.9. The Labute approximate surface area is 112 Å². The average molecular weight is 281 g/mol. The van der Waals surface area contributed by atoms with Crippen LogP contribution in [0.1, 0.15) is 15.9 Å². The highest BCUT2D eigenvalue weighted by Crippen LogP contribution is 2.27. The fraction of sp³-hybridized carbons (Fsp3) is 0.0909. The largest absolute Gasteiger partial charge is 0.348 e. The summed E-state index contributed by atoms with van der Waals surface area (Å²) in [5.41, 5.74) is 0.562. The van der Waals surface area contributed by atoms with Crippen molar-refractivity contribution in [3.05, 3.63) is 56.9 Å². The van der Waals surface area contributed by atoms with Crippen LogP contribution in [0.15, 0.2) is 30.6 Å². The fourth-order valence-corrected chi connectivity index (χ4v) is 1.77. The van der Waals surface area contributed by atoms with E-state index >= 15 is 0 Å². The number of nitro benzene ring substituents is 1. The molecule has 0 saturated carbocycles. The number of nitrogens with one attached hydrogen (secondary N) is 2. The first-order valence-corrected chi connectivity index (χ1v) is 5.66. The van der Waals surface area contributed by atoms with Crippen LogP contribution in [0.5, 0.6) is 0 Å². The van der Waals surface area contributed by atoms with Gasteiger partial charge < -0.3 is 5.32 Å². The first kappa shape index (κ1) is 13.0. The lowest BCUT2D eigenvalue weighted by atomic mass is 10.2. The maximum atomic E-state index is 11.9. The number of carbonyl (C=O) groups is 1. The van der Waals surface area contributed by atoms with E-state index < -0.39 is 10.8 Å². The van der Waals surface area contributed by atoms with Gasteiger partial charge in [0.2, 0.25) is 0 Å². The van der Waals surface area contributed by atoms with Crippen LogP contribution in [-0.2, 0) is 6.54 Å². The van der Waals surface area contributed by atoms with Crippen molar-refractivity contribution < 1.29 is 9.72 Å². The number of nitrogens with zero attached hydrogens (tertiary/aromatic N) is 2. The quantitative estimate of drug-likeness (QED) is 0.659. The number of hydrogen-bond donors (Lipinski definition) is 2.